The van der Waals surface area contributed by atoms with Gasteiger partial charge in [0.05, 0.1) is 27.2 Å². The average molecular weight is 486 g/mol. The van der Waals surface area contributed by atoms with Crippen molar-refractivity contribution in [1.82, 2.24) is 20.2 Å². The molecule has 0 bridgehead atoms. The largest absolute Gasteiger partial charge is 0.349 e. The first-order valence-corrected chi connectivity index (χ1v) is 12.6. The van der Waals surface area contributed by atoms with Crippen LogP contribution in [0.1, 0.15) is 37.0 Å². The lowest BCUT2D eigenvalue weighted by molar-refractivity contribution is -0.135. The Hall–Kier alpha value is -3.60. The average Bonchev–Trinajstić information content (AvgIpc) is 3.18. The molecule has 0 atom stereocenters. The van der Waals surface area contributed by atoms with Gasteiger partial charge in [0.25, 0.3) is 15.9 Å². The van der Waals surface area contributed by atoms with Crippen molar-refractivity contribution in [2.75, 3.05) is 17.8 Å². The summed E-state index contributed by atoms with van der Waals surface area (Å²) in [5.74, 6) is -0.354. The van der Waals surface area contributed by atoms with Gasteiger partial charge >= 0.3 is 5.69 Å². The second kappa shape index (κ2) is 9.34. The number of aromatic nitrogens is 2. The Labute approximate surface area is 196 Å². The summed E-state index contributed by atoms with van der Waals surface area (Å²) in [6.07, 6.45) is 1.26. The molecule has 0 unspecified atom stereocenters. The number of benzene rings is 2. The highest BCUT2D eigenvalue weighted by Crippen LogP contribution is 2.23. The lowest BCUT2D eigenvalue weighted by atomic mass is 10.0. The van der Waals surface area contributed by atoms with E-state index in [1.165, 1.54) is 24.3 Å². The highest BCUT2D eigenvalue weighted by atomic mass is 32.2. The number of hydrogen-bond donors (Lipinski definition) is 4. The molecule has 1 aromatic heterocycles. The topological polar surface area (TPSA) is 144 Å². The predicted molar refractivity (Wildman–Crippen MR) is 128 cm³/mol. The van der Waals surface area contributed by atoms with Crippen LogP contribution in [0.25, 0.3) is 11.0 Å². The maximum atomic E-state index is 13.0. The van der Waals surface area contributed by atoms with Crippen molar-refractivity contribution in [1.29, 1.82) is 0 Å². The van der Waals surface area contributed by atoms with Crippen molar-refractivity contribution in [2.45, 2.75) is 37.6 Å². The van der Waals surface area contributed by atoms with Gasteiger partial charge in [0.2, 0.25) is 5.91 Å². The summed E-state index contributed by atoms with van der Waals surface area (Å²) in [4.78, 5) is 43.5. The van der Waals surface area contributed by atoms with Gasteiger partial charge in [-0.15, -0.1) is 0 Å². The van der Waals surface area contributed by atoms with Gasteiger partial charge in [-0.2, -0.15) is 0 Å². The SMILES string of the molecule is CC(C)C(=O)N1CCC(NC(=O)c2ccccc2NS(=O)(=O)c2ccc3[nH]c(=O)[nH]c3c2)CC1. The number of H-pyrrole nitrogens is 2. The van der Waals surface area contributed by atoms with Crippen LogP contribution in [-0.2, 0) is 14.8 Å². The van der Waals surface area contributed by atoms with Gasteiger partial charge in [-0.05, 0) is 43.2 Å². The molecule has 0 radical (unpaired) electrons. The Kier molecular flexibility index (Phi) is 6.47. The van der Waals surface area contributed by atoms with E-state index >= 15 is 0 Å². The van der Waals surface area contributed by atoms with E-state index in [1.807, 2.05) is 18.7 Å². The van der Waals surface area contributed by atoms with Gasteiger partial charge in [0.15, 0.2) is 0 Å². The van der Waals surface area contributed by atoms with Crippen LogP contribution in [0, 0.1) is 5.92 Å². The van der Waals surface area contributed by atoms with Crippen molar-refractivity contribution >= 4 is 38.6 Å². The summed E-state index contributed by atoms with van der Waals surface area (Å²) in [5, 5.41) is 2.96. The van der Waals surface area contributed by atoms with Crippen LogP contribution in [0.3, 0.4) is 0 Å². The Morgan fingerprint density at radius 3 is 2.41 bits per heavy atom. The van der Waals surface area contributed by atoms with E-state index in [1.54, 1.807) is 18.2 Å². The lowest BCUT2D eigenvalue weighted by Crippen LogP contribution is -2.47. The van der Waals surface area contributed by atoms with Gasteiger partial charge in [0.1, 0.15) is 0 Å². The normalized spacial score (nSPS) is 15.0. The molecule has 11 heteroatoms. The molecule has 1 fully saturated rings. The fraction of sp³-hybridized carbons (Fsp3) is 0.348. The van der Waals surface area contributed by atoms with Crippen LogP contribution >= 0.6 is 0 Å². The molecule has 34 heavy (non-hydrogen) atoms. The first-order valence-electron chi connectivity index (χ1n) is 11.1. The molecule has 3 aromatic rings. The monoisotopic (exact) mass is 485 g/mol. The number of rotatable bonds is 6. The summed E-state index contributed by atoms with van der Waals surface area (Å²) in [5.41, 5.74) is 0.767. The number of imidazole rings is 1. The zero-order valence-electron chi connectivity index (χ0n) is 18.9. The third-order valence-corrected chi connectivity index (χ3v) is 7.21. The van der Waals surface area contributed by atoms with Crippen molar-refractivity contribution in [2.24, 2.45) is 5.92 Å². The Bertz CT molecular complexity index is 1380. The number of carbonyl (C=O) groups excluding carboxylic acids is 2. The lowest BCUT2D eigenvalue weighted by Gasteiger charge is -2.33. The number of para-hydroxylation sites is 1. The van der Waals surface area contributed by atoms with Crippen LogP contribution in [-0.4, -0.2) is 54.2 Å². The smallest absolute Gasteiger partial charge is 0.323 e. The van der Waals surface area contributed by atoms with E-state index in [-0.39, 0.29) is 34.0 Å². The van der Waals surface area contributed by atoms with Crippen LogP contribution in [0.15, 0.2) is 52.2 Å². The van der Waals surface area contributed by atoms with Crippen molar-refractivity contribution in [3.63, 3.8) is 0 Å². The molecular formula is C23H27N5O5S. The molecule has 2 aromatic carbocycles. The van der Waals surface area contributed by atoms with Gasteiger partial charge in [0, 0.05) is 25.0 Å². The minimum Gasteiger partial charge on any atom is -0.349 e. The maximum absolute atomic E-state index is 13.0. The number of nitrogens with one attached hydrogen (secondary N) is 4. The summed E-state index contributed by atoms with van der Waals surface area (Å²) in [7, 11) is -4.02. The second-order valence-corrected chi connectivity index (χ2v) is 10.3. The molecule has 1 aliphatic heterocycles. The van der Waals surface area contributed by atoms with E-state index in [9.17, 15) is 22.8 Å². The zero-order valence-corrected chi connectivity index (χ0v) is 19.7. The van der Waals surface area contributed by atoms with E-state index < -0.39 is 21.6 Å². The molecule has 2 heterocycles. The summed E-state index contributed by atoms with van der Waals surface area (Å²) >= 11 is 0. The maximum Gasteiger partial charge on any atom is 0.323 e. The number of piperidine rings is 1. The summed E-state index contributed by atoms with van der Waals surface area (Å²) < 4.78 is 28.5. The Balaban J connectivity index is 1.47. The predicted octanol–water partition coefficient (Wildman–Crippen LogP) is 2.03. The molecule has 2 amide bonds. The minimum absolute atomic E-state index is 0.0485. The second-order valence-electron chi connectivity index (χ2n) is 8.67. The number of sulfonamides is 1. The molecule has 1 saturated heterocycles. The fourth-order valence-electron chi connectivity index (χ4n) is 4.03. The first-order chi connectivity index (χ1) is 16.1. The molecule has 10 nitrogen and oxygen atoms in total. The highest BCUT2D eigenvalue weighted by molar-refractivity contribution is 7.92. The molecule has 0 spiro atoms. The molecule has 4 N–H and O–H groups in total. The first kappa shape index (κ1) is 23.6. The molecule has 0 aliphatic carbocycles. The zero-order chi connectivity index (χ0) is 24.5. The number of nitrogens with zero attached hydrogens (tertiary/aromatic N) is 1. The molecule has 4 rings (SSSR count). The third kappa shape index (κ3) is 4.98. The quantitative estimate of drug-likeness (QED) is 0.422. The van der Waals surface area contributed by atoms with Gasteiger partial charge in [-0.3, -0.25) is 14.3 Å². The number of carbonyl (C=O) groups is 2. The molecule has 1 aliphatic rings. The minimum atomic E-state index is -4.02. The summed E-state index contributed by atoms with van der Waals surface area (Å²) in [6, 6.07) is 10.5. The van der Waals surface area contributed by atoms with Crippen molar-refractivity contribution < 1.29 is 18.0 Å². The fourth-order valence-corrected chi connectivity index (χ4v) is 5.13. The van der Waals surface area contributed by atoms with Crippen LogP contribution in [0.5, 0.6) is 0 Å². The highest BCUT2D eigenvalue weighted by Gasteiger charge is 2.26. The molecule has 0 saturated carbocycles. The number of aromatic amines is 2. The third-order valence-electron chi connectivity index (χ3n) is 5.85. The number of hydrogen-bond acceptors (Lipinski definition) is 5. The van der Waals surface area contributed by atoms with E-state index in [0.717, 1.165) is 0 Å². The van der Waals surface area contributed by atoms with E-state index in [2.05, 4.69) is 20.0 Å². The summed E-state index contributed by atoms with van der Waals surface area (Å²) in [6.45, 7) is 4.87. The van der Waals surface area contributed by atoms with Crippen molar-refractivity contribution in [3.05, 3.63) is 58.5 Å². The molecular weight excluding hydrogens is 458 g/mol. The number of amides is 2. The number of anilines is 1. The van der Waals surface area contributed by atoms with Crippen molar-refractivity contribution in [3.8, 4) is 0 Å². The Morgan fingerprint density at radius 2 is 1.71 bits per heavy atom. The van der Waals surface area contributed by atoms with Gasteiger partial charge in [-0.25, -0.2) is 13.2 Å². The van der Waals surface area contributed by atoms with Crippen LogP contribution in [0.4, 0.5) is 5.69 Å². The number of fused-ring (bicyclic) bond motifs is 1. The number of likely N-dealkylation sites (tertiary alicyclic amines) is 1. The van der Waals surface area contributed by atoms with Gasteiger partial charge in [-0.1, -0.05) is 26.0 Å². The Morgan fingerprint density at radius 1 is 1.03 bits per heavy atom. The molecule has 180 valence electrons. The van der Waals surface area contributed by atoms with Crippen LogP contribution < -0.4 is 15.7 Å². The standard InChI is InChI=1S/C23H27N5O5S/c1-14(2)22(30)28-11-9-15(10-12-28)24-21(29)17-5-3-4-6-18(17)27-34(32,33)16-7-8-19-20(13-16)26-23(31)25-19/h3-8,13-15,27H,9-12H2,1-2H3,(H,24,29)(H2,25,26,31). The van der Waals surface area contributed by atoms with E-state index in [4.69, 9.17) is 0 Å². The van der Waals surface area contributed by atoms with E-state index in [0.29, 0.717) is 37.0 Å². The van der Waals surface area contributed by atoms with Crippen LogP contribution in [0.2, 0.25) is 0 Å². The van der Waals surface area contributed by atoms with Gasteiger partial charge < -0.3 is 20.2 Å².